The highest BCUT2D eigenvalue weighted by Gasteiger charge is 2.38. The monoisotopic (exact) mass is 370 g/mol. The molecule has 1 fully saturated rings. The largest absolute Gasteiger partial charge is 0.494 e. The average molecular weight is 370 g/mol. The third-order valence-corrected chi connectivity index (χ3v) is 4.93. The second-order valence-corrected chi connectivity index (χ2v) is 7.01. The van der Waals surface area contributed by atoms with E-state index in [0.717, 1.165) is 0 Å². The molecule has 2 aliphatic rings. The molecule has 27 heavy (non-hydrogen) atoms. The van der Waals surface area contributed by atoms with Crippen LogP contribution in [0.3, 0.4) is 0 Å². The number of pyridine rings is 1. The average Bonchev–Trinajstić information content (AvgIpc) is 2.95. The first-order valence-corrected chi connectivity index (χ1v) is 8.61. The molecule has 2 N–H and O–H groups in total. The maximum atomic E-state index is 12.3. The predicted octanol–water partition coefficient (Wildman–Crippen LogP) is 2.79. The zero-order chi connectivity index (χ0) is 19.8. The molecular weight excluding hydrogens is 348 g/mol. The number of hydrogen-bond donors (Lipinski definition) is 2. The zero-order valence-corrected chi connectivity index (χ0v) is 15.5. The number of methoxy groups -OCH3 is 1. The summed E-state index contributed by atoms with van der Waals surface area (Å²) in [6, 6.07) is 1.17. The first kappa shape index (κ1) is 18.8. The Balaban J connectivity index is 2.16. The van der Waals surface area contributed by atoms with Crippen LogP contribution in [0.1, 0.15) is 42.4 Å². The van der Waals surface area contributed by atoms with Crippen molar-refractivity contribution < 1.29 is 19.4 Å². The Bertz CT molecular complexity index is 950. The molecule has 1 aliphatic heterocycles. The number of aromatic nitrogens is 1. The number of nitrogens with one attached hydrogen (secondary N) is 1. The van der Waals surface area contributed by atoms with E-state index in [0.29, 0.717) is 30.1 Å². The number of rotatable bonds is 4. The highest BCUT2D eigenvalue weighted by molar-refractivity contribution is 6.14. The van der Waals surface area contributed by atoms with Crippen LogP contribution >= 0.6 is 0 Å². The highest BCUT2D eigenvalue weighted by atomic mass is 16.5. The Morgan fingerprint density at radius 3 is 2.81 bits per heavy atom. The van der Waals surface area contributed by atoms with Crippen LogP contribution in [-0.2, 0) is 9.47 Å². The number of carbonyl (C=O) groups is 1. The van der Waals surface area contributed by atoms with Gasteiger partial charge in [-0.05, 0) is 32.4 Å². The van der Waals surface area contributed by atoms with Crippen molar-refractivity contribution in [3.63, 3.8) is 0 Å². The molecule has 0 radical (unpaired) electrons. The molecule has 142 valence electrons. The number of hydrogen-bond acceptors (Lipinski definition) is 5. The van der Waals surface area contributed by atoms with Crippen LogP contribution in [-0.4, -0.2) is 40.7 Å². The molecule has 0 bridgehead atoms. The molecule has 0 spiro atoms. The van der Waals surface area contributed by atoms with Gasteiger partial charge in [0.2, 0.25) is 0 Å². The van der Waals surface area contributed by atoms with E-state index in [9.17, 15) is 14.7 Å². The normalized spacial score (nSPS) is 22.8. The molecule has 0 saturated carbocycles. The molecule has 7 nitrogen and oxygen atoms in total. The maximum absolute atomic E-state index is 12.3. The first-order valence-electron chi connectivity index (χ1n) is 8.61. The molecule has 1 atom stereocenters. The van der Waals surface area contributed by atoms with Crippen molar-refractivity contribution in [2.45, 2.75) is 31.9 Å². The Labute approximate surface area is 156 Å². The fourth-order valence-electron chi connectivity index (χ4n) is 3.46. The van der Waals surface area contributed by atoms with E-state index in [4.69, 9.17) is 14.9 Å². The van der Waals surface area contributed by atoms with Gasteiger partial charge in [-0.25, -0.2) is 4.79 Å². The molecule has 0 aromatic carbocycles. The Hall–Kier alpha value is -2.93. The summed E-state index contributed by atoms with van der Waals surface area (Å²) >= 11 is 0. The van der Waals surface area contributed by atoms with Crippen LogP contribution < -0.4 is 5.43 Å². The lowest BCUT2D eigenvalue weighted by atomic mass is 9.96. The number of allylic oxidation sites excluding steroid dienone is 4. The molecule has 1 aromatic rings. The summed E-state index contributed by atoms with van der Waals surface area (Å²) in [5.41, 5.74) is -0.0744. The summed E-state index contributed by atoms with van der Waals surface area (Å²) in [6.07, 6.45) is 8.98. The van der Waals surface area contributed by atoms with Crippen molar-refractivity contribution in [1.29, 1.82) is 5.41 Å². The topological polar surface area (TPSA) is 102 Å². The van der Waals surface area contributed by atoms with Crippen molar-refractivity contribution in [3.05, 3.63) is 63.3 Å². The van der Waals surface area contributed by atoms with Gasteiger partial charge in [-0.1, -0.05) is 12.2 Å². The van der Waals surface area contributed by atoms with E-state index >= 15 is 0 Å². The van der Waals surface area contributed by atoms with E-state index in [2.05, 4.69) is 0 Å². The Kier molecular flexibility index (Phi) is 4.89. The number of carboxylic acid groups (broad SMARTS) is 1. The minimum absolute atomic E-state index is 0.137. The van der Waals surface area contributed by atoms with Gasteiger partial charge in [0.05, 0.1) is 18.8 Å². The van der Waals surface area contributed by atoms with Crippen molar-refractivity contribution in [3.8, 4) is 0 Å². The summed E-state index contributed by atoms with van der Waals surface area (Å²) in [7, 11) is 1.49. The first-order chi connectivity index (χ1) is 12.7. The molecule has 0 unspecified atom stereocenters. The standard InChI is InChI=1S/C20H22N2O5/c1-20(2)17(7-8-27-20)22-11-14(19(24)25)15(23)10-13(22)9-12-5-4-6-16(26-3)18(12)21/h4-6,9-11,17,21H,7-8H2,1-3H3,(H,24,25)/b12-9+,21-18?/t17-/m0/s1. The molecule has 1 aliphatic carbocycles. The maximum Gasteiger partial charge on any atom is 0.341 e. The summed E-state index contributed by atoms with van der Waals surface area (Å²) in [5, 5.41) is 17.6. The SMILES string of the molecule is COC1=CC=C/C(=C\c2cc(=O)c(C(=O)O)cn2[C@H]2CCOC2(C)C)C1=N. The minimum atomic E-state index is -1.26. The van der Waals surface area contributed by atoms with Crippen LogP contribution in [0.25, 0.3) is 6.08 Å². The lowest BCUT2D eigenvalue weighted by Crippen LogP contribution is -2.32. The fraction of sp³-hybridized carbons (Fsp3) is 0.350. The van der Waals surface area contributed by atoms with Gasteiger partial charge in [-0.3, -0.25) is 10.2 Å². The van der Waals surface area contributed by atoms with Crippen molar-refractivity contribution >= 4 is 17.8 Å². The van der Waals surface area contributed by atoms with E-state index < -0.39 is 17.0 Å². The molecular formula is C20H22N2O5. The van der Waals surface area contributed by atoms with Crippen LogP contribution in [0.2, 0.25) is 0 Å². The molecule has 1 saturated heterocycles. The van der Waals surface area contributed by atoms with E-state index in [-0.39, 0.29) is 17.3 Å². The number of ether oxygens (including phenoxy) is 2. The summed E-state index contributed by atoms with van der Waals surface area (Å²) < 4.78 is 12.7. The van der Waals surface area contributed by atoms with Gasteiger partial charge in [0.1, 0.15) is 17.0 Å². The minimum Gasteiger partial charge on any atom is -0.494 e. The van der Waals surface area contributed by atoms with E-state index in [1.165, 1.54) is 19.4 Å². The molecule has 2 heterocycles. The van der Waals surface area contributed by atoms with Gasteiger partial charge in [-0.2, -0.15) is 0 Å². The molecule has 0 amide bonds. The van der Waals surface area contributed by atoms with E-state index in [1.54, 1.807) is 28.9 Å². The third kappa shape index (κ3) is 3.50. The summed E-state index contributed by atoms with van der Waals surface area (Å²) in [6.45, 7) is 4.43. The molecule has 3 rings (SSSR count). The zero-order valence-electron chi connectivity index (χ0n) is 15.5. The molecule has 7 heteroatoms. The number of aromatic carboxylic acids is 1. The number of carboxylic acids is 1. The van der Waals surface area contributed by atoms with E-state index in [1.807, 2.05) is 13.8 Å². The second kappa shape index (κ2) is 7.00. The van der Waals surface area contributed by atoms with Gasteiger partial charge < -0.3 is 19.1 Å². The second-order valence-electron chi connectivity index (χ2n) is 7.01. The number of nitrogens with zero attached hydrogens (tertiary/aromatic N) is 1. The predicted molar refractivity (Wildman–Crippen MR) is 101 cm³/mol. The fourth-order valence-corrected chi connectivity index (χ4v) is 3.46. The van der Waals surface area contributed by atoms with Crippen molar-refractivity contribution in [1.82, 2.24) is 4.57 Å². The van der Waals surface area contributed by atoms with Crippen LogP contribution in [0.5, 0.6) is 0 Å². The van der Waals surface area contributed by atoms with Gasteiger partial charge in [0.15, 0.2) is 5.43 Å². The highest BCUT2D eigenvalue weighted by Crippen LogP contribution is 2.36. The van der Waals surface area contributed by atoms with Gasteiger partial charge in [-0.15, -0.1) is 0 Å². The Morgan fingerprint density at radius 1 is 1.48 bits per heavy atom. The summed E-state index contributed by atoms with van der Waals surface area (Å²) in [4.78, 5) is 23.7. The van der Waals surface area contributed by atoms with Gasteiger partial charge in [0.25, 0.3) is 0 Å². The Morgan fingerprint density at radius 2 is 2.22 bits per heavy atom. The van der Waals surface area contributed by atoms with Crippen LogP contribution in [0.4, 0.5) is 0 Å². The van der Waals surface area contributed by atoms with Gasteiger partial charge in [0, 0.05) is 30.1 Å². The van der Waals surface area contributed by atoms with Crippen LogP contribution in [0, 0.1) is 5.41 Å². The molecule has 1 aromatic heterocycles. The summed E-state index contributed by atoms with van der Waals surface area (Å²) in [5.74, 6) is -0.844. The van der Waals surface area contributed by atoms with Crippen LogP contribution in [0.15, 0.2) is 46.6 Å². The lowest BCUT2D eigenvalue weighted by Gasteiger charge is -2.30. The van der Waals surface area contributed by atoms with Crippen molar-refractivity contribution in [2.24, 2.45) is 0 Å². The van der Waals surface area contributed by atoms with Crippen molar-refractivity contribution in [2.75, 3.05) is 13.7 Å². The smallest absolute Gasteiger partial charge is 0.341 e. The lowest BCUT2D eigenvalue weighted by molar-refractivity contribution is 0.0140. The third-order valence-electron chi connectivity index (χ3n) is 4.93. The van der Waals surface area contributed by atoms with Gasteiger partial charge >= 0.3 is 5.97 Å². The quantitative estimate of drug-likeness (QED) is 0.849.